The molecular formula is C19H22O3. The minimum Gasteiger partial charge on any atom is -0.460 e. The van der Waals surface area contributed by atoms with Gasteiger partial charge in [-0.2, -0.15) is 0 Å². The highest BCUT2D eigenvalue weighted by Crippen LogP contribution is 2.38. The molecule has 1 atom stereocenters. The first-order valence-corrected chi connectivity index (χ1v) is 7.59. The molecule has 1 aliphatic rings. The van der Waals surface area contributed by atoms with E-state index in [-0.39, 0.29) is 12.0 Å². The largest absolute Gasteiger partial charge is 0.460 e. The van der Waals surface area contributed by atoms with Crippen LogP contribution in [0.1, 0.15) is 49.3 Å². The molecule has 22 heavy (non-hydrogen) atoms. The minimum atomic E-state index is -0.417. The first kappa shape index (κ1) is 15.1. The highest BCUT2D eigenvalue weighted by Gasteiger charge is 2.26. The standard InChI is InChI=1S/C19H22O3/c1-19(2,3)16-9-14(11-20)17-15(10-16)12-21-18(22-17)13-7-5-4-6-8-13/h4-10,18,20H,11-12H2,1-3H3. The molecule has 0 spiro atoms. The lowest BCUT2D eigenvalue weighted by Crippen LogP contribution is -2.21. The fourth-order valence-corrected chi connectivity index (χ4v) is 2.64. The van der Waals surface area contributed by atoms with E-state index in [4.69, 9.17) is 9.47 Å². The van der Waals surface area contributed by atoms with Gasteiger partial charge >= 0.3 is 0 Å². The Bertz CT molecular complexity index is 639. The smallest absolute Gasteiger partial charge is 0.227 e. The SMILES string of the molecule is CC(C)(C)c1cc(CO)c2c(c1)COC(c1ccccc1)O2. The molecule has 3 heteroatoms. The quantitative estimate of drug-likeness (QED) is 0.907. The molecule has 3 rings (SSSR count). The number of hydrogen-bond acceptors (Lipinski definition) is 3. The first-order valence-electron chi connectivity index (χ1n) is 7.59. The molecule has 0 saturated heterocycles. The Balaban J connectivity index is 1.97. The number of aliphatic hydroxyl groups excluding tert-OH is 1. The third-order valence-corrected chi connectivity index (χ3v) is 3.97. The van der Waals surface area contributed by atoms with Gasteiger partial charge in [0.15, 0.2) is 0 Å². The summed E-state index contributed by atoms with van der Waals surface area (Å²) in [6.45, 7) is 6.94. The van der Waals surface area contributed by atoms with E-state index in [1.165, 1.54) is 5.56 Å². The van der Waals surface area contributed by atoms with Crippen LogP contribution in [-0.4, -0.2) is 5.11 Å². The molecule has 2 aromatic carbocycles. The summed E-state index contributed by atoms with van der Waals surface area (Å²) < 4.78 is 11.9. The van der Waals surface area contributed by atoms with E-state index in [0.717, 1.165) is 22.4 Å². The van der Waals surface area contributed by atoms with Gasteiger partial charge in [0.25, 0.3) is 0 Å². The topological polar surface area (TPSA) is 38.7 Å². The summed E-state index contributed by atoms with van der Waals surface area (Å²) in [6, 6.07) is 14.0. The molecule has 1 aliphatic heterocycles. The zero-order chi connectivity index (χ0) is 15.7. The van der Waals surface area contributed by atoms with Gasteiger partial charge in [0.05, 0.1) is 13.2 Å². The van der Waals surface area contributed by atoms with Gasteiger partial charge in [-0.25, -0.2) is 0 Å². The summed E-state index contributed by atoms with van der Waals surface area (Å²) >= 11 is 0. The number of hydrogen-bond donors (Lipinski definition) is 1. The summed E-state index contributed by atoms with van der Waals surface area (Å²) in [5.41, 5.74) is 4.02. The van der Waals surface area contributed by atoms with Crippen molar-refractivity contribution in [3.8, 4) is 5.75 Å². The summed E-state index contributed by atoms with van der Waals surface area (Å²) in [5, 5.41) is 9.72. The fourth-order valence-electron chi connectivity index (χ4n) is 2.64. The highest BCUT2D eigenvalue weighted by atomic mass is 16.7. The fraction of sp³-hybridized carbons (Fsp3) is 0.368. The summed E-state index contributed by atoms with van der Waals surface area (Å²) in [5.74, 6) is 0.760. The van der Waals surface area contributed by atoms with E-state index in [1.54, 1.807) is 0 Å². The Morgan fingerprint density at radius 3 is 2.50 bits per heavy atom. The Hall–Kier alpha value is -1.84. The van der Waals surface area contributed by atoms with Crippen LogP contribution < -0.4 is 4.74 Å². The Morgan fingerprint density at radius 2 is 1.86 bits per heavy atom. The van der Waals surface area contributed by atoms with Crippen LogP contribution in [0.2, 0.25) is 0 Å². The molecule has 1 heterocycles. The van der Waals surface area contributed by atoms with E-state index < -0.39 is 6.29 Å². The van der Waals surface area contributed by atoms with E-state index in [1.807, 2.05) is 36.4 Å². The number of rotatable bonds is 2. The Morgan fingerprint density at radius 1 is 1.14 bits per heavy atom. The lowest BCUT2D eigenvalue weighted by Gasteiger charge is -2.30. The zero-order valence-electron chi connectivity index (χ0n) is 13.3. The molecular weight excluding hydrogens is 276 g/mol. The molecule has 0 bridgehead atoms. The van der Waals surface area contributed by atoms with Crippen molar-refractivity contribution >= 4 is 0 Å². The maximum atomic E-state index is 9.72. The van der Waals surface area contributed by atoms with Gasteiger partial charge in [-0.05, 0) is 23.1 Å². The van der Waals surface area contributed by atoms with Crippen molar-refractivity contribution in [1.82, 2.24) is 0 Å². The van der Waals surface area contributed by atoms with Gasteiger partial charge in [0, 0.05) is 16.7 Å². The van der Waals surface area contributed by atoms with Crippen molar-refractivity contribution in [2.24, 2.45) is 0 Å². The Kier molecular flexibility index (Phi) is 3.94. The number of fused-ring (bicyclic) bond motifs is 1. The van der Waals surface area contributed by atoms with E-state index in [9.17, 15) is 5.11 Å². The molecule has 0 aromatic heterocycles. The van der Waals surface area contributed by atoms with Crippen LogP contribution in [0.25, 0.3) is 0 Å². The van der Waals surface area contributed by atoms with Crippen LogP contribution in [-0.2, 0) is 23.4 Å². The molecule has 3 nitrogen and oxygen atoms in total. The third-order valence-electron chi connectivity index (χ3n) is 3.97. The normalized spacial score (nSPS) is 17.7. The molecule has 1 unspecified atom stereocenters. The number of aliphatic hydroxyl groups is 1. The monoisotopic (exact) mass is 298 g/mol. The molecule has 0 amide bonds. The number of benzene rings is 2. The average Bonchev–Trinajstić information content (AvgIpc) is 2.53. The van der Waals surface area contributed by atoms with Crippen molar-refractivity contribution < 1.29 is 14.6 Å². The molecule has 0 aliphatic carbocycles. The van der Waals surface area contributed by atoms with Crippen molar-refractivity contribution in [3.63, 3.8) is 0 Å². The molecule has 0 saturated carbocycles. The molecule has 116 valence electrons. The van der Waals surface area contributed by atoms with Gasteiger partial charge in [0.2, 0.25) is 6.29 Å². The van der Waals surface area contributed by atoms with Gasteiger partial charge in [-0.3, -0.25) is 0 Å². The van der Waals surface area contributed by atoms with Crippen molar-refractivity contribution in [1.29, 1.82) is 0 Å². The van der Waals surface area contributed by atoms with Crippen LogP contribution in [0.4, 0.5) is 0 Å². The van der Waals surface area contributed by atoms with E-state index >= 15 is 0 Å². The van der Waals surface area contributed by atoms with Crippen LogP contribution in [0.5, 0.6) is 5.75 Å². The maximum absolute atomic E-state index is 9.72. The van der Waals surface area contributed by atoms with Gasteiger partial charge < -0.3 is 14.6 Å². The summed E-state index contributed by atoms with van der Waals surface area (Å²) in [7, 11) is 0. The van der Waals surface area contributed by atoms with Crippen molar-refractivity contribution in [2.75, 3.05) is 0 Å². The van der Waals surface area contributed by atoms with Crippen LogP contribution in [0.15, 0.2) is 42.5 Å². The van der Waals surface area contributed by atoms with Crippen LogP contribution >= 0.6 is 0 Å². The molecule has 0 fully saturated rings. The second-order valence-corrected chi connectivity index (χ2v) is 6.70. The molecule has 2 aromatic rings. The molecule has 1 N–H and O–H groups in total. The zero-order valence-corrected chi connectivity index (χ0v) is 13.3. The molecule has 0 radical (unpaired) electrons. The van der Waals surface area contributed by atoms with Crippen molar-refractivity contribution in [2.45, 2.75) is 45.7 Å². The van der Waals surface area contributed by atoms with Crippen molar-refractivity contribution in [3.05, 3.63) is 64.7 Å². The summed E-state index contributed by atoms with van der Waals surface area (Å²) in [6.07, 6.45) is -0.417. The van der Waals surface area contributed by atoms with E-state index in [0.29, 0.717) is 6.61 Å². The van der Waals surface area contributed by atoms with Gasteiger partial charge in [0.1, 0.15) is 5.75 Å². The second kappa shape index (κ2) is 5.75. The minimum absolute atomic E-state index is 0.0230. The van der Waals surface area contributed by atoms with E-state index in [2.05, 4.69) is 26.8 Å². The van der Waals surface area contributed by atoms with Gasteiger partial charge in [-0.15, -0.1) is 0 Å². The Labute approximate surface area is 131 Å². The highest BCUT2D eigenvalue weighted by molar-refractivity contribution is 5.47. The predicted octanol–water partition coefficient (Wildman–Crippen LogP) is 4.08. The van der Waals surface area contributed by atoms with Crippen LogP contribution in [0, 0.1) is 0 Å². The lowest BCUT2D eigenvalue weighted by atomic mass is 9.84. The number of ether oxygens (including phenoxy) is 2. The van der Waals surface area contributed by atoms with Gasteiger partial charge in [-0.1, -0.05) is 51.1 Å². The van der Waals surface area contributed by atoms with Crippen LogP contribution in [0.3, 0.4) is 0 Å². The summed E-state index contributed by atoms with van der Waals surface area (Å²) in [4.78, 5) is 0. The first-order chi connectivity index (χ1) is 10.5. The lowest BCUT2D eigenvalue weighted by molar-refractivity contribution is -0.112. The maximum Gasteiger partial charge on any atom is 0.227 e. The predicted molar refractivity (Wildman–Crippen MR) is 85.7 cm³/mol. The second-order valence-electron chi connectivity index (χ2n) is 6.70. The average molecular weight is 298 g/mol. The third kappa shape index (κ3) is 2.87.